The third-order valence-electron chi connectivity index (χ3n) is 4.82. The number of carbonyl (C=O) groups is 2. The minimum Gasteiger partial charge on any atom is -0.478 e. The number of halogens is 1. The van der Waals surface area contributed by atoms with Crippen molar-refractivity contribution < 1.29 is 19.4 Å². The molecule has 0 spiro atoms. The molecule has 3 aromatic rings. The number of benzene rings is 2. The molecule has 0 saturated carbocycles. The van der Waals surface area contributed by atoms with Crippen LogP contribution in [0.1, 0.15) is 33.0 Å². The maximum Gasteiger partial charge on any atom is 0.407 e. The van der Waals surface area contributed by atoms with E-state index in [9.17, 15) is 9.59 Å². The van der Waals surface area contributed by atoms with Gasteiger partial charge >= 0.3 is 12.1 Å². The molecule has 4 rings (SSSR count). The molecule has 0 radical (unpaired) electrons. The van der Waals surface area contributed by atoms with E-state index in [1.807, 2.05) is 24.3 Å². The Labute approximate surface area is 174 Å². The summed E-state index contributed by atoms with van der Waals surface area (Å²) in [4.78, 5) is 27.0. The number of carbonyl (C=O) groups excluding carboxylic acids is 1. The Morgan fingerprint density at radius 1 is 1.00 bits per heavy atom. The summed E-state index contributed by atoms with van der Waals surface area (Å²) in [5, 5.41) is 11.6. The molecular formula is C22H19ClN2O4. The van der Waals surface area contributed by atoms with Crippen molar-refractivity contribution in [2.75, 3.05) is 6.61 Å². The number of alkyl carbamates (subject to hydrolysis) is 1. The van der Waals surface area contributed by atoms with E-state index in [1.165, 1.54) is 29.6 Å². The Kier molecular flexibility index (Phi) is 6.14. The van der Waals surface area contributed by atoms with Crippen LogP contribution in [0.4, 0.5) is 4.79 Å². The Morgan fingerprint density at radius 2 is 1.62 bits per heavy atom. The van der Waals surface area contributed by atoms with Gasteiger partial charge in [-0.25, -0.2) is 9.59 Å². The molecule has 0 fully saturated rings. The highest BCUT2D eigenvalue weighted by atomic mass is 35.5. The molecule has 0 atom stereocenters. The molecule has 0 bridgehead atoms. The van der Waals surface area contributed by atoms with Crippen molar-refractivity contribution in [3.63, 3.8) is 0 Å². The van der Waals surface area contributed by atoms with Crippen LogP contribution < -0.4 is 5.32 Å². The predicted octanol–water partition coefficient (Wildman–Crippen LogP) is 4.24. The average molecular weight is 411 g/mol. The second-order valence-electron chi connectivity index (χ2n) is 6.57. The summed E-state index contributed by atoms with van der Waals surface area (Å²) < 4.78 is 5.45. The smallest absolute Gasteiger partial charge is 0.407 e. The van der Waals surface area contributed by atoms with E-state index in [2.05, 4.69) is 34.6 Å². The summed E-state index contributed by atoms with van der Waals surface area (Å²) in [6.07, 6.45) is 2.22. The SMILES string of the molecule is Cl.O=C(NCc1cncc(C(=O)O)c1)OCC1c2ccccc2-c2ccccc21. The quantitative estimate of drug-likeness (QED) is 0.656. The van der Waals surface area contributed by atoms with E-state index in [0.717, 1.165) is 11.1 Å². The average Bonchev–Trinajstić information content (AvgIpc) is 3.05. The van der Waals surface area contributed by atoms with Crippen molar-refractivity contribution in [2.45, 2.75) is 12.5 Å². The summed E-state index contributed by atoms with van der Waals surface area (Å²) in [5.41, 5.74) is 5.30. The van der Waals surface area contributed by atoms with E-state index in [1.54, 1.807) is 0 Å². The van der Waals surface area contributed by atoms with Gasteiger partial charge in [-0.3, -0.25) is 4.98 Å². The van der Waals surface area contributed by atoms with Crippen LogP contribution in [0, 0.1) is 0 Å². The number of carboxylic acid groups (broad SMARTS) is 1. The van der Waals surface area contributed by atoms with Crippen LogP contribution >= 0.6 is 12.4 Å². The molecule has 0 aliphatic heterocycles. The molecule has 7 heteroatoms. The van der Waals surface area contributed by atoms with Gasteiger partial charge in [-0.15, -0.1) is 12.4 Å². The van der Waals surface area contributed by atoms with E-state index in [-0.39, 0.29) is 37.0 Å². The molecule has 1 aromatic heterocycles. The number of hydrogen-bond acceptors (Lipinski definition) is 4. The van der Waals surface area contributed by atoms with E-state index in [0.29, 0.717) is 5.56 Å². The van der Waals surface area contributed by atoms with Gasteiger partial charge in [-0.2, -0.15) is 0 Å². The Morgan fingerprint density at radius 3 is 2.24 bits per heavy atom. The second-order valence-corrected chi connectivity index (χ2v) is 6.57. The van der Waals surface area contributed by atoms with Crippen LogP contribution in [0.2, 0.25) is 0 Å². The van der Waals surface area contributed by atoms with Crippen LogP contribution in [0.3, 0.4) is 0 Å². The molecule has 0 unspecified atom stereocenters. The zero-order chi connectivity index (χ0) is 19.5. The number of nitrogens with zero attached hydrogens (tertiary/aromatic N) is 1. The number of fused-ring (bicyclic) bond motifs is 3. The van der Waals surface area contributed by atoms with Gasteiger partial charge in [0.15, 0.2) is 0 Å². The molecular weight excluding hydrogens is 392 g/mol. The highest BCUT2D eigenvalue weighted by molar-refractivity contribution is 5.87. The standard InChI is InChI=1S/C22H18N2O4.ClH/c25-21(26)15-9-14(10-23-12-15)11-24-22(27)28-13-20-18-7-3-1-5-16(18)17-6-2-4-8-19(17)20;/h1-10,12,20H,11,13H2,(H,24,27)(H,25,26);1H. The molecule has 6 nitrogen and oxygen atoms in total. The number of hydrogen-bond donors (Lipinski definition) is 2. The van der Waals surface area contributed by atoms with Crippen LogP contribution in [-0.4, -0.2) is 28.8 Å². The molecule has 29 heavy (non-hydrogen) atoms. The van der Waals surface area contributed by atoms with Gasteiger partial charge in [0.05, 0.1) is 5.56 Å². The number of rotatable bonds is 5. The lowest BCUT2D eigenvalue weighted by molar-refractivity contribution is 0.0696. The predicted molar refractivity (Wildman–Crippen MR) is 110 cm³/mol. The van der Waals surface area contributed by atoms with Gasteiger partial charge in [-0.1, -0.05) is 48.5 Å². The first-order valence-electron chi connectivity index (χ1n) is 8.89. The molecule has 1 aliphatic rings. The van der Waals surface area contributed by atoms with Crippen molar-refractivity contribution in [3.8, 4) is 11.1 Å². The first kappa shape index (κ1) is 20.4. The number of pyridine rings is 1. The van der Waals surface area contributed by atoms with Gasteiger partial charge in [0.1, 0.15) is 6.61 Å². The van der Waals surface area contributed by atoms with E-state index in [4.69, 9.17) is 9.84 Å². The molecule has 1 amide bonds. The highest BCUT2D eigenvalue weighted by Gasteiger charge is 2.28. The fraction of sp³-hybridized carbons (Fsp3) is 0.136. The van der Waals surface area contributed by atoms with Crippen molar-refractivity contribution in [2.24, 2.45) is 0 Å². The minimum absolute atomic E-state index is 0. The van der Waals surface area contributed by atoms with Gasteiger partial charge in [0.2, 0.25) is 0 Å². The Hall–Kier alpha value is -3.38. The second kappa shape index (κ2) is 8.75. The van der Waals surface area contributed by atoms with Gasteiger partial charge in [-0.05, 0) is 33.9 Å². The van der Waals surface area contributed by atoms with Crippen molar-refractivity contribution in [3.05, 3.63) is 89.2 Å². The van der Waals surface area contributed by atoms with E-state index >= 15 is 0 Å². The fourth-order valence-electron chi connectivity index (χ4n) is 3.52. The van der Waals surface area contributed by atoms with Crippen molar-refractivity contribution in [1.82, 2.24) is 10.3 Å². The van der Waals surface area contributed by atoms with Crippen molar-refractivity contribution in [1.29, 1.82) is 0 Å². The zero-order valence-corrected chi connectivity index (χ0v) is 16.2. The molecule has 148 valence electrons. The summed E-state index contributed by atoms with van der Waals surface area (Å²) in [7, 11) is 0. The monoisotopic (exact) mass is 410 g/mol. The number of aromatic carboxylic acids is 1. The molecule has 1 aliphatic carbocycles. The van der Waals surface area contributed by atoms with Crippen LogP contribution in [-0.2, 0) is 11.3 Å². The summed E-state index contributed by atoms with van der Waals surface area (Å²) in [5.74, 6) is -1.06. The summed E-state index contributed by atoms with van der Waals surface area (Å²) in [6, 6.07) is 17.7. The van der Waals surface area contributed by atoms with Crippen LogP contribution in [0.5, 0.6) is 0 Å². The summed E-state index contributed by atoms with van der Waals surface area (Å²) in [6.45, 7) is 0.373. The lowest BCUT2D eigenvalue weighted by atomic mass is 9.98. The largest absolute Gasteiger partial charge is 0.478 e. The zero-order valence-electron chi connectivity index (χ0n) is 15.4. The molecule has 2 aromatic carbocycles. The number of nitrogens with one attached hydrogen (secondary N) is 1. The van der Waals surface area contributed by atoms with E-state index < -0.39 is 12.1 Å². The summed E-state index contributed by atoms with van der Waals surface area (Å²) >= 11 is 0. The highest BCUT2D eigenvalue weighted by Crippen LogP contribution is 2.44. The van der Waals surface area contributed by atoms with Gasteiger partial charge in [0.25, 0.3) is 0 Å². The first-order valence-corrected chi connectivity index (χ1v) is 8.89. The molecule has 2 N–H and O–H groups in total. The number of amides is 1. The normalized spacial score (nSPS) is 11.7. The lowest BCUT2D eigenvalue weighted by Gasteiger charge is -2.14. The fourth-order valence-corrected chi connectivity index (χ4v) is 3.52. The number of ether oxygens (including phenoxy) is 1. The maximum atomic E-state index is 12.1. The van der Waals surface area contributed by atoms with Crippen LogP contribution in [0.25, 0.3) is 11.1 Å². The Balaban J connectivity index is 0.00000240. The van der Waals surface area contributed by atoms with Crippen molar-refractivity contribution >= 4 is 24.5 Å². The minimum atomic E-state index is -1.06. The van der Waals surface area contributed by atoms with Gasteiger partial charge in [0, 0.05) is 24.9 Å². The topological polar surface area (TPSA) is 88.5 Å². The maximum absolute atomic E-state index is 12.1. The molecule has 1 heterocycles. The Bertz CT molecular complexity index is 1010. The number of carboxylic acids is 1. The number of aromatic nitrogens is 1. The third-order valence-corrected chi connectivity index (χ3v) is 4.82. The molecule has 0 saturated heterocycles. The third kappa shape index (κ3) is 4.22. The van der Waals surface area contributed by atoms with Crippen LogP contribution in [0.15, 0.2) is 67.0 Å². The van der Waals surface area contributed by atoms with Gasteiger partial charge < -0.3 is 15.2 Å². The lowest BCUT2D eigenvalue weighted by Crippen LogP contribution is -2.25. The first-order chi connectivity index (χ1) is 13.6.